The van der Waals surface area contributed by atoms with Gasteiger partial charge in [-0.2, -0.15) is 0 Å². The molecule has 2 aliphatic rings. The fourth-order valence-corrected chi connectivity index (χ4v) is 5.93. The van der Waals surface area contributed by atoms with E-state index < -0.39 is 88.5 Å². The van der Waals surface area contributed by atoms with Gasteiger partial charge in [-0.25, -0.2) is 9.11 Å². The summed E-state index contributed by atoms with van der Waals surface area (Å²) < 4.78 is 48.7. The van der Waals surface area contributed by atoms with Crippen LogP contribution in [-0.2, 0) is 36.8 Å². The Morgan fingerprint density at radius 1 is 1.21 bits per heavy atom. The molecule has 18 nitrogen and oxygen atoms in total. The number of nitrogens with zero attached hydrogens (tertiary/aromatic N) is 1. The van der Waals surface area contributed by atoms with Gasteiger partial charge in [0.1, 0.15) is 24.5 Å². The number of aliphatic hydroxyl groups is 3. The van der Waals surface area contributed by atoms with Gasteiger partial charge in [0.2, 0.25) is 5.91 Å². The molecule has 5 N–H and O–H groups in total. The predicted molar refractivity (Wildman–Crippen MR) is 118 cm³/mol. The van der Waals surface area contributed by atoms with Gasteiger partial charge in [0, 0.05) is 25.1 Å². The molecule has 3 rings (SSSR count). The van der Waals surface area contributed by atoms with Crippen LogP contribution in [0, 0.1) is 6.92 Å². The molecule has 3 heterocycles. The lowest BCUT2D eigenvalue weighted by Gasteiger charge is -2.43. The number of H-pyrrole nitrogens is 1. The van der Waals surface area contributed by atoms with Crippen molar-refractivity contribution in [3.63, 3.8) is 0 Å². The van der Waals surface area contributed by atoms with E-state index in [1.54, 1.807) is 0 Å². The lowest BCUT2D eigenvalue weighted by atomic mass is 9.97. The lowest BCUT2D eigenvalue weighted by Crippen LogP contribution is -2.62. The minimum Gasteiger partial charge on any atom is -0.756 e. The van der Waals surface area contributed by atoms with Crippen molar-refractivity contribution < 1.29 is 61.9 Å². The van der Waals surface area contributed by atoms with Crippen LogP contribution in [-0.4, -0.2) is 80.2 Å². The van der Waals surface area contributed by atoms with Gasteiger partial charge in [0.25, 0.3) is 21.2 Å². The molecule has 1 amide bonds. The molecule has 20 heteroatoms. The molecule has 0 aromatic carbocycles. The number of carbonyl (C=O) groups excluding carboxylic acids is 1. The van der Waals surface area contributed by atoms with E-state index in [1.165, 1.54) is 20.0 Å². The van der Waals surface area contributed by atoms with E-state index in [0.717, 1.165) is 11.5 Å². The van der Waals surface area contributed by atoms with Crippen LogP contribution >= 0.6 is 15.6 Å². The van der Waals surface area contributed by atoms with Crippen molar-refractivity contribution in [1.82, 2.24) is 14.9 Å². The summed E-state index contributed by atoms with van der Waals surface area (Å²) in [5.74, 6) is -0.568. The van der Waals surface area contributed by atoms with Gasteiger partial charge in [0.15, 0.2) is 6.29 Å². The number of phosphoric ester groups is 2. The number of amides is 1. The first kappa shape index (κ1) is 30.7. The number of phosphoric acid groups is 2. The molecule has 38 heavy (non-hydrogen) atoms. The Morgan fingerprint density at radius 2 is 1.87 bits per heavy atom. The summed E-state index contributed by atoms with van der Waals surface area (Å²) in [5, 5.41) is 32.8. The molecule has 0 bridgehead atoms. The minimum absolute atomic E-state index is 0.172. The van der Waals surface area contributed by atoms with Crippen LogP contribution in [0.5, 0.6) is 0 Å². The normalized spacial score (nSPS) is 34.8. The Labute approximate surface area is 214 Å². The summed E-state index contributed by atoms with van der Waals surface area (Å²) in [6, 6.07) is -1.12. The fourth-order valence-electron chi connectivity index (χ4n) is 3.85. The Kier molecular flexibility index (Phi) is 9.51. The number of nitrogens with one attached hydrogen (secondary N) is 2. The summed E-state index contributed by atoms with van der Waals surface area (Å²) in [7, 11) is -11.5. The maximum absolute atomic E-state index is 12.2. The molecule has 2 fully saturated rings. The van der Waals surface area contributed by atoms with Gasteiger partial charge in [-0.05, 0) is 13.8 Å². The van der Waals surface area contributed by atoms with Crippen molar-refractivity contribution in [2.75, 3.05) is 6.61 Å². The molecule has 216 valence electrons. The van der Waals surface area contributed by atoms with Gasteiger partial charge in [-0.15, -0.1) is 0 Å². The number of hydrogen-bond acceptors (Lipinski definition) is 15. The lowest BCUT2D eigenvalue weighted by molar-refractivity contribution is -0.286. The zero-order valence-electron chi connectivity index (χ0n) is 20.2. The topological polar surface area (TPSA) is 271 Å². The minimum atomic E-state index is -5.79. The highest BCUT2D eigenvalue weighted by molar-refractivity contribution is 7.59. The Morgan fingerprint density at radius 3 is 2.50 bits per heavy atom. The van der Waals surface area contributed by atoms with E-state index in [0.29, 0.717) is 0 Å². The van der Waals surface area contributed by atoms with Crippen molar-refractivity contribution in [3.05, 3.63) is 32.6 Å². The van der Waals surface area contributed by atoms with Gasteiger partial charge in [0.05, 0.1) is 24.9 Å². The molecular weight excluding hydrogens is 560 g/mol. The van der Waals surface area contributed by atoms with Crippen LogP contribution in [0.25, 0.3) is 0 Å². The third-order valence-corrected chi connectivity index (χ3v) is 8.24. The quantitative estimate of drug-likeness (QED) is 0.175. The number of aryl methyl sites for hydroxylation is 1. The first-order valence-electron chi connectivity index (χ1n) is 11.1. The average Bonchev–Trinajstić information content (AvgIpc) is 3.15. The zero-order chi connectivity index (χ0) is 28.6. The standard InChI is InChI=1S/C18H29N3O15P2/c1-7-5-21(18(27)20-16(7)26)12-4-10(23)11(34-12)6-32-37(28,29)36-38(30,31)35-17-15(25)14(24)13(8(2)33-17)19-9(3)22/h5,8,10-15,17,23-25H,4,6H2,1-3H3,(H,19,22)(H,28,29)(H,30,31)(H,20,26,27)/p-2/t8-,10+,11-,12-,13-,14+,15-,17-/m1/s1. The van der Waals surface area contributed by atoms with Crippen LogP contribution in [0.1, 0.15) is 32.1 Å². The first-order chi connectivity index (χ1) is 17.5. The summed E-state index contributed by atoms with van der Waals surface area (Å²) >= 11 is 0. The maximum Gasteiger partial charge on any atom is 0.330 e. The average molecular weight is 587 g/mol. The number of carbonyl (C=O) groups is 1. The Balaban J connectivity index is 1.58. The highest BCUT2D eigenvalue weighted by Crippen LogP contribution is 2.57. The molecule has 10 atom stereocenters. The molecule has 0 radical (unpaired) electrons. The highest BCUT2D eigenvalue weighted by Gasteiger charge is 2.45. The first-order valence-corrected chi connectivity index (χ1v) is 14.0. The van der Waals surface area contributed by atoms with E-state index in [9.17, 15) is 48.6 Å². The van der Waals surface area contributed by atoms with Gasteiger partial charge < -0.3 is 44.4 Å². The predicted octanol–water partition coefficient (Wildman–Crippen LogP) is -3.55. The molecule has 0 saturated carbocycles. The SMILES string of the molecule is CC(=O)N[C@H]1[C@H](O)[C@@H](O)[C@@H](OP(=O)([O-])OP(=O)([O-])OC[C@H]2O[C@@H](n3cc(C)c(=O)[nH]c3=O)C[C@@H]2O)O[C@@H]1C. The molecule has 1 aromatic rings. The Hall–Kier alpha value is -1.79. The van der Waals surface area contributed by atoms with Gasteiger partial charge in [-0.3, -0.25) is 32.8 Å². The third kappa shape index (κ3) is 7.44. The number of ether oxygens (including phenoxy) is 2. The number of rotatable bonds is 9. The second-order valence-electron chi connectivity index (χ2n) is 8.71. The van der Waals surface area contributed by atoms with Crippen molar-refractivity contribution in [3.8, 4) is 0 Å². The van der Waals surface area contributed by atoms with E-state index in [4.69, 9.17) is 9.47 Å². The summed E-state index contributed by atoms with van der Waals surface area (Å²) in [5.41, 5.74) is -1.29. The van der Waals surface area contributed by atoms with Gasteiger partial charge >= 0.3 is 5.69 Å². The summed E-state index contributed by atoms with van der Waals surface area (Å²) in [4.78, 5) is 61.1. The van der Waals surface area contributed by atoms with Crippen LogP contribution in [0.15, 0.2) is 15.8 Å². The second kappa shape index (κ2) is 11.8. The van der Waals surface area contributed by atoms with Gasteiger partial charge in [-0.1, -0.05) is 0 Å². The molecular formula is C18H27N3O15P2-2. The molecule has 2 unspecified atom stereocenters. The van der Waals surface area contributed by atoms with Crippen molar-refractivity contribution in [2.24, 2.45) is 0 Å². The summed E-state index contributed by atoms with van der Waals surface area (Å²) in [6.45, 7) is 2.97. The second-order valence-corrected chi connectivity index (χ2v) is 11.6. The number of hydrogen-bond donors (Lipinski definition) is 5. The summed E-state index contributed by atoms with van der Waals surface area (Å²) in [6.07, 6.45) is -9.71. The molecule has 2 aliphatic heterocycles. The third-order valence-electron chi connectivity index (χ3n) is 5.71. The van der Waals surface area contributed by atoms with E-state index in [-0.39, 0.29) is 12.0 Å². The van der Waals surface area contributed by atoms with E-state index in [2.05, 4.69) is 23.7 Å². The van der Waals surface area contributed by atoms with Crippen LogP contribution in [0.2, 0.25) is 0 Å². The molecule has 2 saturated heterocycles. The monoisotopic (exact) mass is 587 g/mol. The van der Waals surface area contributed by atoms with Crippen LogP contribution in [0.4, 0.5) is 0 Å². The molecule has 1 aromatic heterocycles. The maximum atomic E-state index is 12.2. The van der Waals surface area contributed by atoms with Crippen molar-refractivity contribution in [2.45, 2.75) is 76.3 Å². The largest absolute Gasteiger partial charge is 0.756 e. The number of aromatic nitrogens is 2. The fraction of sp³-hybridized carbons (Fsp3) is 0.722. The molecule has 0 aliphatic carbocycles. The Bertz CT molecular complexity index is 1240. The molecule has 0 spiro atoms. The van der Waals surface area contributed by atoms with E-state index in [1.807, 2.05) is 0 Å². The number of aromatic amines is 1. The van der Waals surface area contributed by atoms with Crippen molar-refractivity contribution >= 4 is 21.6 Å². The number of aliphatic hydroxyl groups excluding tert-OH is 3. The smallest absolute Gasteiger partial charge is 0.330 e. The van der Waals surface area contributed by atoms with Crippen LogP contribution in [0.3, 0.4) is 0 Å². The zero-order valence-corrected chi connectivity index (χ0v) is 22.0. The van der Waals surface area contributed by atoms with E-state index >= 15 is 0 Å². The van der Waals surface area contributed by atoms with Crippen LogP contribution < -0.4 is 26.4 Å². The highest BCUT2D eigenvalue weighted by atomic mass is 31.3. The van der Waals surface area contributed by atoms with Crippen molar-refractivity contribution in [1.29, 1.82) is 0 Å².